The molecule has 0 bridgehead atoms. The molecule has 1 fully saturated rings. The summed E-state index contributed by atoms with van der Waals surface area (Å²) in [6.07, 6.45) is 1.65. The van der Waals surface area contributed by atoms with Gasteiger partial charge in [-0.15, -0.1) is 11.8 Å². The van der Waals surface area contributed by atoms with Crippen molar-refractivity contribution in [2.75, 3.05) is 29.9 Å². The van der Waals surface area contributed by atoms with E-state index < -0.39 is 0 Å². The van der Waals surface area contributed by atoms with Gasteiger partial charge in [0.15, 0.2) is 0 Å². The molecule has 1 N–H and O–H groups in total. The Bertz CT molecular complexity index is 1150. The number of benzene rings is 2. The van der Waals surface area contributed by atoms with Crippen LogP contribution in [0.4, 0.5) is 10.1 Å². The molecule has 0 aliphatic carbocycles. The molecule has 3 aromatic rings. The Morgan fingerprint density at radius 2 is 1.88 bits per heavy atom. The average molecular weight is 482 g/mol. The van der Waals surface area contributed by atoms with Crippen LogP contribution in [-0.2, 0) is 5.75 Å². The van der Waals surface area contributed by atoms with Crippen LogP contribution in [0.3, 0.4) is 0 Å². The SMILES string of the molecule is Cc1cc(C(=O)N2CCSCC2)ccc1NC(=O)c1cccnc1SCc1ccc(F)cc1. The lowest BCUT2D eigenvalue weighted by Gasteiger charge is -2.26. The summed E-state index contributed by atoms with van der Waals surface area (Å²) < 4.78 is 13.1. The predicted octanol–water partition coefficient (Wildman–Crippen LogP) is 5.26. The van der Waals surface area contributed by atoms with Gasteiger partial charge in [0.1, 0.15) is 10.8 Å². The summed E-state index contributed by atoms with van der Waals surface area (Å²) >= 11 is 3.29. The van der Waals surface area contributed by atoms with Crippen molar-refractivity contribution < 1.29 is 14.0 Å². The fourth-order valence-corrected chi connectivity index (χ4v) is 5.34. The number of rotatable bonds is 6. The van der Waals surface area contributed by atoms with Gasteiger partial charge in [-0.25, -0.2) is 9.37 Å². The maximum Gasteiger partial charge on any atom is 0.258 e. The molecule has 1 aliphatic rings. The largest absolute Gasteiger partial charge is 0.337 e. The van der Waals surface area contributed by atoms with E-state index in [1.807, 2.05) is 29.7 Å². The Hall–Kier alpha value is -2.84. The average Bonchev–Trinajstić information content (AvgIpc) is 2.85. The van der Waals surface area contributed by atoms with Crippen molar-refractivity contribution in [2.45, 2.75) is 17.7 Å². The zero-order valence-electron chi connectivity index (χ0n) is 18.2. The minimum atomic E-state index is -0.278. The van der Waals surface area contributed by atoms with Crippen LogP contribution in [0.5, 0.6) is 0 Å². The van der Waals surface area contributed by atoms with Crippen LogP contribution >= 0.6 is 23.5 Å². The number of hydrogen-bond donors (Lipinski definition) is 1. The number of aryl methyl sites for hydroxylation is 1. The lowest BCUT2D eigenvalue weighted by atomic mass is 10.1. The molecule has 0 spiro atoms. The second kappa shape index (κ2) is 10.9. The van der Waals surface area contributed by atoms with Crippen LogP contribution < -0.4 is 5.32 Å². The van der Waals surface area contributed by atoms with Crippen molar-refractivity contribution in [3.8, 4) is 0 Å². The number of halogens is 1. The van der Waals surface area contributed by atoms with Crippen molar-refractivity contribution >= 4 is 41.0 Å². The molecule has 1 aromatic heterocycles. The zero-order chi connectivity index (χ0) is 23.2. The fraction of sp³-hybridized carbons (Fsp3) is 0.240. The number of amides is 2. The Morgan fingerprint density at radius 3 is 2.61 bits per heavy atom. The second-order valence-electron chi connectivity index (χ2n) is 7.66. The van der Waals surface area contributed by atoms with Crippen molar-refractivity contribution in [1.82, 2.24) is 9.88 Å². The summed E-state index contributed by atoms with van der Waals surface area (Å²) in [7, 11) is 0. The molecule has 0 unspecified atom stereocenters. The van der Waals surface area contributed by atoms with Crippen LogP contribution in [0.1, 0.15) is 31.8 Å². The van der Waals surface area contributed by atoms with E-state index in [9.17, 15) is 14.0 Å². The number of hydrogen-bond acceptors (Lipinski definition) is 5. The third-order valence-electron chi connectivity index (χ3n) is 5.32. The van der Waals surface area contributed by atoms with Gasteiger partial charge in [-0.1, -0.05) is 12.1 Å². The number of aromatic nitrogens is 1. The van der Waals surface area contributed by atoms with Gasteiger partial charge in [0.05, 0.1) is 5.56 Å². The minimum absolute atomic E-state index is 0.0306. The van der Waals surface area contributed by atoms with E-state index >= 15 is 0 Å². The van der Waals surface area contributed by atoms with Crippen LogP contribution in [-0.4, -0.2) is 46.3 Å². The van der Waals surface area contributed by atoms with E-state index in [1.165, 1.54) is 23.9 Å². The standard InChI is InChI=1S/C25H24FN3O2S2/c1-17-15-19(25(31)29-11-13-32-14-12-29)6-9-22(17)28-23(30)21-3-2-10-27-24(21)33-16-18-4-7-20(26)8-5-18/h2-10,15H,11-14,16H2,1H3,(H,28,30). The molecule has 0 radical (unpaired) electrons. The molecule has 33 heavy (non-hydrogen) atoms. The molecule has 2 heterocycles. The van der Waals surface area contributed by atoms with E-state index in [-0.39, 0.29) is 17.6 Å². The zero-order valence-corrected chi connectivity index (χ0v) is 19.8. The number of anilines is 1. The molecule has 0 saturated carbocycles. The van der Waals surface area contributed by atoms with Crippen molar-refractivity contribution in [1.29, 1.82) is 0 Å². The van der Waals surface area contributed by atoms with Gasteiger partial charge in [0.25, 0.3) is 11.8 Å². The molecule has 8 heteroatoms. The van der Waals surface area contributed by atoms with E-state index in [1.54, 1.807) is 42.6 Å². The van der Waals surface area contributed by atoms with Crippen molar-refractivity contribution in [2.24, 2.45) is 0 Å². The molecule has 2 aromatic carbocycles. The van der Waals surface area contributed by atoms with Crippen LogP contribution in [0, 0.1) is 12.7 Å². The Morgan fingerprint density at radius 1 is 1.12 bits per heavy atom. The highest BCUT2D eigenvalue weighted by Crippen LogP contribution is 2.26. The smallest absolute Gasteiger partial charge is 0.258 e. The summed E-state index contributed by atoms with van der Waals surface area (Å²) in [4.78, 5) is 32.0. The first kappa shape index (κ1) is 23.3. The number of nitrogens with one attached hydrogen (secondary N) is 1. The summed E-state index contributed by atoms with van der Waals surface area (Å²) in [5.41, 5.74) is 3.53. The Labute approximate surface area is 201 Å². The number of thioether (sulfide) groups is 2. The lowest BCUT2D eigenvalue weighted by Crippen LogP contribution is -2.37. The van der Waals surface area contributed by atoms with Crippen molar-refractivity contribution in [3.63, 3.8) is 0 Å². The number of carbonyl (C=O) groups excluding carboxylic acids is 2. The number of pyridine rings is 1. The maximum atomic E-state index is 13.1. The van der Waals surface area contributed by atoms with Gasteiger partial charge >= 0.3 is 0 Å². The summed E-state index contributed by atoms with van der Waals surface area (Å²) in [5, 5.41) is 3.55. The van der Waals surface area contributed by atoms with Crippen LogP contribution in [0.15, 0.2) is 65.8 Å². The highest BCUT2D eigenvalue weighted by Gasteiger charge is 2.20. The van der Waals surface area contributed by atoms with Gasteiger partial charge in [0.2, 0.25) is 0 Å². The maximum absolute atomic E-state index is 13.1. The van der Waals surface area contributed by atoms with E-state index in [4.69, 9.17) is 0 Å². The van der Waals surface area contributed by atoms with E-state index in [0.717, 1.165) is 35.7 Å². The topological polar surface area (TPSA) is 62.3 Å². The molecule has 4 rings (SSSR count). The quantitative estimate of drug-likeness (QED) is 0.487. The summed E-state index contributed by atoms with van der Waals surface area (Å²) in [6, 6.07) is 15.1. The third-order valence-corrected chi connectivity index (χ3v) is 7.34. The minimum Gasteiger partial charge on any atom is -0.337 e. The molecule has 5 nitrogen and oxygen atoms in total. The van der Waals surface area contributed by atoms with Crippen LogP contribution in [0.25, 0.3) is 0 Å². The molecular formula is C25H24FN3O2S2. The molecule has 1 saturated heterocycles. The number of carbonyl (C=O) groups is 2. The summed E-state index contributed by atoms with van der Waals surface area (Å²) in [6.45, 7) is 3.41. The molecule has 0 atom stereocenters. The van der Waals surface area contributed by atoms with E-state index in [2.05, 4.69) is 10.3 Å². The van der Waals surface area contributed by atoms with Gasteiger partial charge in [-0.05, 0) is 60.5 Å². The van der Waals surface area contributed by atoms with Crippen molar-refractivity contribution in [3.05, 3.63) is 88.9 Å². The van der Waals surface area contributed by atoms with Gasteiger partial charge in [-0.3, -0.25) is 9.59 Å². The summed E-state index contributed by atoms with van der Waals surface area (Å²) in [5.74, 6) is 1.99. The normalized spacial score (nSPS) is 13.6. The first-order valence-electron chi connectivity index (χ1n) is 10.6. The van der Waals surface area contributed by atoms with E-state index in [0.29, 0.717) is 27.6 Å². The first-order chi connectivity index (χ1) is 16.0. The Kier molecular flexibility index (Phi) is 7.67. The third kappa shape index (κ3) is 5.94. The van der Waals surface area contributed by atoms with Gasteiger partial charge in [-0.2, -0.15) is 11.8 Å². The van der Waals surface area contributed by atoms with Gasteiger partial charge in [0, 0.05) is 47.8 Å². The molecular weight excluding hydrogens is 457 g/mol. The second-order valence-corrected chi connectivity index (χ2v) is 9.85. The molecule has 170 valence electrons. The molecule has 1 aliphatic heterocycles. The van der Waals surface area contributed by atoms with Gasteiger partial charge < -0.3 is 10.2 Å². The fourth-order valence-electron chi connectivity index (χ4n) is 3.49. The molecule has 2 amide bonds. The predicted molar refractivity (Wildman–Crippen MR) is 133 cm³/mol. The first-order valence-corrected chi connectivity index (χ1v) is 12.8. The highest BCUT2D eigenvalue weighted by atomic mass is 32.2. The Balaban J connectivity index is 1.44. The lowest BCUT2D eigenvalue weighted by molar-refractivity contribution is 0.0772. The number of nitrogens with zero attached hydrogens (tertiary/aromatic N) is 2. The van der Waals surface area contributed by atoms with Crippen LogP contribution in [0.2, 0.25) is 0 Å². The highest BCUT2D eigenvalue weighted by molar-refractivity contribution is 7.99. The monoisotopic (exact) mass is 481 g/mol.